The van der Waals surface area contributed by atoms with E-state index >= 15 is 0 Å². The van der Waals surface area contributed by atoms with Crippen LogP contribution < -0.4 is 14.0 Å². The Kier molecular flexibility index (Phi) is 7.48. The Morgan fingerprint density at radius 1 is 0.634 bits per heavy atom. The largest absolute Gasteiger partial charge is 0.507 e. The van der Waals surface area contributed by atoms with Crippen LogP contribution in [0.4, 0.5) is 0 Å². The van der Waals surface area contributed by atoms with Gasteiger partial charge in [0.25, 0.3) is 0 Å². The first-order valence-corrected chi connectivity index (χ1v) is 14.7. The first kappa shape index (κ1) is 28.5. The number of phenols is 1. The minimum Gasteiger partial charge on any atom is -0.507 e. The summed E-state index contributed by atoms with van der Waals surface area (Å²) in [5.74, 6) is 1.97. The zero-order valence-electron chi connectivity index (χ0n) is 24.9. The molecule has 0 amide bonds. The first-order valence-electron chi connectivity index (χ1n) is 13.6. The van der Waals surface area contributed by atoms with E-state index < -0.39 is 8.24 Å². The van der Waals surface area contributed by atoms with Crippen molar-refractivity contribution in [3.05, 3.63) is 83.9 Å². The van der Waals surface area contributed by atoms with E-state index in [4.69, 9.17) is 22.4 Å². The SMILES string of the molecule is COc1cc(-c2cc(OC)cc(C(C)(C)C)c2Op2oc3ccccc3c3ccccc3o2)c(O)c(C(C)(C)C)c1. The molecule has 7 heteroatoms. The quantitative estimate of drug-likeness (QED) is 0.226. The Morgan fingerprint density at radius 2 is 1.10 bits per heavy atom. The topological polar surface area (TPSA) is 74.2 Å². The zero-order valence-corrected chi connectivity index (χ0v) is 25.8. The lowest BCUT2D eigenvalue weighted by Crippen LogP contribution is -2.14. The lowest BCUT2D eigenvalue weighted by molar-refractivity contribution is 0.405. The lowest BCUT2D eigenvalue weighted by atomic mass is 9.81. The molecule has 1 heterocycles. The molecule has 0 aliphatic carbocycles. The second kappa shape index (κ2) is 10.8. The molecule has 0 unspecified atom stereocenters. The van der Waals surface area contributed by atoms with Gasteiger partial charge in [-0.05, 0) is 47.2 Å². The highest BCUT2D eigenvalue weighted by Crippen LogP contribution is 2.51. The van der Waals surface area contributed by atoms with Crippen LogP contribution in [0.5, 0.6) is 23.0 Å². The third-order valence-electron chi connectivity index (χ3n) is 7.10. The van der Waals surface area contributed by atoms with Gasteiger partial charge in [0.15, 0.2) is 0 Å². The predicted molar refractivity (Wildman–Crippen MR) is 166 cm³/mol. The summed E-state index contributed by atoms with van der Waals surface area (Å²) in [5, 5.41) is 13.5. The molecule has 0 saturated heterocycles. The molecular weight excluding hydrogens is 535 g/mol. The third-order valence-corrected chi connectivity index (χ3v) is 8.12. The van der Waals surface area contributed by atoms with Crippen molar-refractivity contribution in [3.8, 4) is 34.1 Å². The summed E-state index contributed by atoms with van der Waals surface area (Å²) in [6, 6.07) is 23.2. The van der Waals surface area contributed by atoms with Gasteiger partial charge in [-0.1, -0.05) is 77.9 Å². The monoisotopic (exact) mass is 572 g/mol. The number of para-hydroxylation sites is 2. The fourth-order valence-electron chi connectivity index (χ4n) is 4.91. The van der Waals surface area contributed by atoms with Crippen molar-refractivity contribution in [1.29, 1.82) is 0 Å². The minimum atomic E-state index is -1.94. The van der Waals surface area contributed by atoms with E-state index in [-0.39, 0.29) is 16.6 Å². The van der Waals surface area contributed by atoms with Crippen LogP contribution in [0.25, 0.3) is 33.1 Å². The van der Waals surface area contributed by atoms with Crippen LogP contribution in [-0.4, -0.2) is 19.3 Å². The van der Waals surface area contributed by atoms with Gasteiger partial charge in [0.05, 0.1) is 14.2 Å². The summed E-state index contributed by atoms with van der Waals surface area (Å²) in [5.41, 5.74) is 3.52. The molecule has 0 aliphatic rings. The molecule has 0 spiro atoms. The van der Waals surface area contributed by atoms with Crippen molar-refractivity contribution >= 4 is 30.2 Å². The summed E-state index contributed by atoms with van der Waals surface area (Å²) in [6.07, 6.45) is 0. The van der Waals surface area contributed by atoms with Crippen LogP contribution in [0.2, 0.25) is 0 Å². The van der Waals surface area contributed by atoms with Crippen molar-refractivity contribution in [2.45, 2.75) is 52.4 Å². The molecule has 0 fully saturated rings. The number of fused-ring (bicyclic) bond motifs is 3. The molecule has 0 bridgehead atoms. The van der Waals surface area contributed by atoms with Gasteiger partial charge in [-0.15, -0.1) is 0 Å². The molecule has 1 N–H and O–H groups in total. The average molecular weight is 573 g/mol. The molecule has 6 nitrogen and oxygen atoms in total. The fourth-order valence-corrected chi connectivity index (χ4v) is 6.00. The van der Waals surface area contributed by atoms with E-state index in [2.05, 4.69) is 41.5 Å². The van der Waals surface area contributed by atoms with Crippen LogP contribution in [0.3, 0.4) is 0 Å². The molecular formula is C34H37O6P. The molecule has 1 aromatic heterocycles. The highest BCUT2D eigenvalue weighted by Gasteiger charge is 2.29. The van der Waals surface area contributed by atoms with Crippen molar-refractivity contribution in [3.63, 3.8) is 0 Å². The number of methoxy groups -OCH3 is 2. The molecule has 41 heavy (non-hydrogen) atoms. The molecule has 5 aromatic rings. The van der Waals surface area contributed by atoms with Crippen LogP contribution in [0.1, 0.15) is 52.7 Å². The lowest BCUT2D eigenvalue weighted by Gasteiger charge is -2.27. The first-order chi connectivity index (χ1) is 19.4. The Hall–Kier alpha value is -4.02. The van der Waals surface area contributed by atoms with Gasteiger partial charge in [-0.3, -0.25) is 0 Å². The van der Waals surface area contributed by atoms with Gasteiger partial charge in [-0.25, -0.2) is 0 Å². The number of hydrogen-bond donors (Lipinski definition) is 1. The van der Waals surface area contributed by atoms with Crippen molar-refractivity contribution in [2.75, 3.05) is 14.2 Å². The van der Waals surface area contributed by atoms with Crippen molar-refractivity contribution < 1.29 is 27.5 Å². The molecule has 0 aliphatic heterocycles. The van der Waals surface area contributed by atoms with Gasteiger partial charge in [0.1, 0.15) is 34.2 Å². The second-order valence-electron chi connectivity index (χ2n) is 12.1. The smallest absolute Gasteiger partial charge is 0.453 e. The Balaban J connectivity index is 1.85. The highest BCUT2D eigenvalue weighted by molar-refractivity contribution is 7.32. The van der Waals surface area contributed by atoms with Crippen molar-refractivity contribution in [2.24, 2.45) is 0 Å². The molecule has 0 atom stereocenters. The highest BCUT2D eigenvalue weighted by atomic mass is 31.1. The Bertz CT molecular complexity index is 1710. The van der Waals surface area contributed by atoms with Gasteiger partial charge < -0.3 is 27.5 Å². The molecule has 0 radical (unpaired) electrons. The standard InChI is InChI=1S/C34H37O6P/c1-33(2,3)27-19-21(36-7)17-25(31(27)35)26-18-22(37-8)20-28(34(4,5)6)32(26)40-41-38-29-15-11-9-13-23(29)24-14-10-12-16-30(24)39-41/h9-20,35H,1-8H3. The van der Waals surface area contributed by atoms with E-state index in [9.17, 15) is 5.11 Å². The maximum Gasteiger partial charge on any atom is 0.453 e. The number of rotatable bonds is 5. The number of ether oxygens (including phenoxy) is 2. The van der Waals surface area contributed by atoms with Gasteiger partial charge in [-0.2, -0.15) is 0 Å². The maximum absolute atomic E-state index is 11.7. The van der Waals surface area contributed by atoms with E-state index in [1.807, 2.05) is 72.8 Å². The van der Waals surface area contributed by atoms with E-state index in [1.165, 1.54) is 0 Å². The van der Waals surface area contributed by atoms with E-state index in [0.717, 1.165) is 21.9 Å². The average Bonchev–Trinajstić information content (AvgIpc) is 3.08. The van der Waals surface area contributed by atoms with Crippen LogP contribution in [0.15, 0.2) is 81.2 Å². The summed E-state index contributed by atoms with van der Waals surface area (Å²) in [6.45, 7) is 12.5. The fraction of sp³-hybridized carbons (Fsp3) is 0.294. The summed E-state index contributed by atoms with van der Waals surface area (Å²) in [7, 11) is 1.32. The summed E-state index contributed by atoms with van der Waals surface area (Å²) >= 11 is 0. The molecule has 214 valence electrons. The van der Waals surface area contributed by atoms with Crippen LogP contribution in [-0.2, 0) is 10.8 Å². The van der Waals surface area contributed by atoms with Crippen LogP contribution >= 0.6 is 8.24 Å². The molecule has 4 aromatic carbocycles. The maximum atomic E-state index is 11.7. The Labute approximate surface area is 242 Å². The number of phenolic OH excluding ortho intramolecular Hbond substituents is 1. The predicted octanol–water partition coefficient (Wildman–Crippen LogP) is 10.1. The van der Waals surface area contributed by atoms with Gasteiger partial charge >= 0.3 is 8.24 Å². The zero-order chi connectivity index (χ0) is 29.5. The molecule has 0 saturated carbocycles. The Morgan fingerprint density at radius 3 is 1.59 bits per heavy atom. The minimum absolute atomic E-state index is 0.155. The molecule has 5 rings (SSSR count). The van der Waals surface area contributed by atoms with Crippen molar-refractivity contribution in [1.82, 2.24) is 0 Å². The second-order valence-corrected chi connectivity index (χ2v) is 13.1. The number of benzene rings is 4. The third kappa shape index (κ3) is 5.62. The van der Waals surface area contributed by atoms with Crippen LogP contribution in [0, 0.1) is 0 Å². The van der Waals surface area contributed by atoms with E-state index in [1.54, 1.807) is 14.2 Å². The normalized spacial score (nSPS) is 12.0. The van der Waals surface area contributed by atoms with E-state index in [0.29, 0.717) is 39.5 Å². The summed E-state index contributed by atoms with van der Waals surface area (Å²) < 4.78 is 31.0. The number of hydrogen-bond acceptors (Lipinski definition) is 6. The van der Waals surface area contributed by atoms with Gasteiger partial charge in [0.2, 0.25) is 0 Å². The summed E-state index contributed by atoms with van der Waals surface area (Å²) in [4.78, 5) is 0. The number of aromatic hydroxyl groups is 1. The van der Waals surface area contributed by atoms with Gasteiger partial charge in [0, 0.05) is 33.0 Å².